The molecule has 7 nitrogen and oxygen atoms in total. The van der Waals surface area contributed by atoms with Crippen molar-refractivity contribution in [2.75, 3.05) is 57.2 Å². The molecule has 0 bridgehead atoms. The van der Waals surface area contributed by atoms with Gasteiger partial charge < -0.3 is 19.7 Å². The van der Waals surface area contributed by atoms with E-state index in [1.165, 1.54) is 18.4 Å². The lowest BCUT2D eigenvalue weighted by molar-refractivity contribution is -0.117. The predicted octanol–water partition coefficient (Wildman–Crippen LogP) is 2.87. The van der Waals surface area contributed by atoms with Crippen LogP contribution >= 0.6 is 11.3 Å². The molecule has 2 aromatic rings. The predicted molar refractivity (Wildman–Crippen MR) is 115 cm³/mol. The number of ether oxygens (including phenoxy) is 2. The van der Waals surface area contributed by atoms with Crippen LogP contribution in [-0.2, 0) is 16.0 Å². The van der Waals surface area contributed by atoms with Crippen LogP contribution in [-0.4, -0.2) is 63.7 Å². The highest BCUT2D eigenvalue weighted by atomic mass is 32.1. The minimum Gasteiger partial charge on any atom is -0.497 e. The number of rotatable bonds is 7. The van der Waals surface area contributed by atoms with Crippen LogP contribution in [0.1, 0.15) is 22.2 Å². The van der Waals surface area contributed by atoms with Crippen molar-refractivity contribution in [2.45, 2.75) is 13.3 Å². The van der Waals surface area contributed by atoms with E-state index in [1.54, 1.807) is 13.2 Å². The Morgan fingerprint density at radius 2 is 1.90 bits per heavy atom. The molecule has 1 aromatic heterocycles. The standard InChI is InChI=1S/C21H27N3O4S/c1-4-17-13-18(21(26)28-3)20(29-17)22-19(25)14-23-8-10-24(11-9-23)15-6-5-7-16(12-15)27-2/h5-7,12-13H,4,8-11,14H2,1-3H3,(H,22,25). The molecule has 1 saturated heterocycles. The molecule has 1 amide bonds. The summed E-state index contributed by atoms with van der Waals surface area (Å²) < 4.78 is 10.1. The lowest BCUT2D eigenvalue weighted by atomic mass is 10.2. The van der Waals surface area contributed by atoms with E-state index in [-0.39, 0.29) is 5.91 Å². The Balaban J connectivity index is 1.55. The zero-order valence-electron chi connectivity index (χ0n) is 17.1. The van der Waals surface area contributed by atoms with Crippen molar-refractivity contribution in [2.24, 2.45) is 0 Å². The van der Waals surface area contributed by atoms with E-state index < -0.39 is 5.97 Å². The van der Waals surface area contributed by atoms with Gasteiger partial charge in [0.2, 0.25) is 5.91 Å². The SMILES string of the molecule is CCc1cc(C(=O)OC)c(NC(=O)CN2CCN(c3cccc(OC)c3)CC2)s1. The summed E-state index contributed by atoms with van der Waals surface area (Å²) in [4.78, 5) is 30.0. The Morgan fingerprint density at radius 3 is 2.55 bits per heavy atom. The van der Waals surface area contributed by atoms with Gasteiger partial charge in [-0.25, -0.2) is 4.79 Å². The lowest BCUT2D eigenvalue weighted by Gasteiger charge is -2.35. The zero-order chi connectivity index (χ0) is 20.8. The molecular formula is C21H27N3O4S. The van der Waals surface area contributed by atoms with Gasteiger partial charge in [0.05, 0.1) is 26.3 Å². The molecule has 0 unspecified atom stereocenters. The first-order valence-corrected chi connectivity index (χ1v) is 10.5. The fraction of sp³-hybridized carbons (Fsp3) is 0.429. The number of carbonyl (C=O) groups is 2. The summed E-state index contributed by atoms with van der Waals surface area (Å²) in [5.41, 5.74) is 1.55. The molecule has 8 heteroatoms. The van der Waals surface area contributed by atoms with E-state index in [1.807, 2.05) is 25.1 Å². The van der Waals surface area contributed by atoms with Crippen molar-refractivity contribution in [1.82, 2.24) is 4.90 Å². The Labute approximate surface area is 175 Å². The van der Waals surface area contributed by atoms with Crippen LogP contribution in [0.4, 0.5) is 10.7 Å². The second-order valence-corrected chi connectivity index (χ2v) is 7.95. The van der Waals surface area contributed by atoms with Crippen LogP contribution in [0, 0.1) is 0 Å². The molecule has 0 radical (unpaired) electrons. The van der Waals surface area contributed by atoms with Crippen LogP contribution in [0.3, 0.4) is 0 Å². The third-order valence-electron chi connectivity index (χ3n) is 4.95. The highest BCUT2D eigenvalue weighted by Crippen LogP contribution is 2.29. The number of benzene rings is 1. The molecule has 1 aliphatic heterocycles. The number of nitrogens with one attached hydrogen (secondary N) is 1. The molecule has 1 N–H and O–H groups in total. The highest BCUT2D eigenvalue weighted by molar-refractivity contribution is 7.16. The van der Waals surface area contributed by atoms with E-state index in [2.05, 4.69) is 21.2 Å². The maximum Gasteiger partial charge on any atom is 0.340 e. The molecule has 1 aromatic carbocycles. The van der Waals surface area contributed by atoms with Gasteiger partial charge in [0.15, 0.2) is 0 Å². The number of piperazine rings is 1. The van der Waals surface area contributed by atoms with Crippen molar-refractivity contribution in [3.8, 4) is 5.75 Å². The molecule has 0 saturated carbocycles. The van der Waals surface area contributed by atoms with E-state index >= 15 is 0 Å². The van der Waals surface area contributed by atoms with E-state index in [0.29, 0.717) is 17.1 Å². The Hall–Kier alpha value is -2.58. The fourth-order valence-corrected chi connectivity index (χ4v) is 4.31. The molecule has 1 fully saturated rings. The topological polar surface area (TPSA) is 71.1 Å². The van der Waals surface area contributed by atoms with Gasteiger partial charge in [0.1, 0.15) is 10.8 Å². The molecular weight excluding hydrogens is 390 g/mol. The second kappa shape index (κ2) is 9.76. The minimum absolute atomic E-state index is 0.116. The van der Waals surface area contributed by atoms with E-state index in [9.17, 15) is 9.59 Å². The Morgan fingerprint density at radius 1 is 1.14 bits per heavy atom. The van der Waals surface area contributed by atoms with Crippen LogP contribution < -0.4 is 15.0 Å². The number of anilines is 2. The molecule has 0 spiro atoms. The summed E-state index contributed by atoms with van der Waals surface area (Å²) in [7, 11) is 3.01. The van der Waals surface area contributed by atoms with Gasteiger partial charge in [-0.15, -0.1) is 11.3 Å². The van der Waals surface area contributed by atoms with Gasteiger partial charge in [-0.05, 0) is 24.6 Å². The number of nitrogens with zero attached hydrogens (tertiary/aromatic N) is 2. The number of carbonyl (C=O) groups excluding carboxylic acids is 2. The maximum absolute atomic E-state index is 12.5. The summed E-state index contributed by atoms with van der Waals surface area (Å²) in [5, 5.41) is 3.46. The normalized spacial score (nSPS) is 14.5. The number of methoxy groups -OCH3 is 2. The summed E-state index contributed by atoms with van der Waals surface area (Å²) in [6.07, 6.45) is 0.802. The van der Waals surface area contributed by atoms with Crippen molar-refractivity contribution < 1.29 is 19.1 Å². The second-order valence-electron chi connectivity index (χ2n) is 6.81. The van der Waals surface area contributed by atoms with Gasteiger partial charge in [0, 0.05) is 42.8 Å². The zero-order valence-corrected chi connectivity index (χ0v) is 17.9. The average Bonchev–Trinajstić information content (AvgIpc) is 3.16. The van der Waals surface area contributed by atoms with Crippen molar-refractivity contribution >= 4 is 33.9 Å². The summed E-state index contributed by atoms with van der Waals surface area (Å²) in [5.74, 6) is 0.297. The molecule has 1 aliphatic rings. The molecule has 3 rings (SSSR count). The summed E-state index contributed by atoms with van der Waals surface area (Å²) in [6.45, 7) is 5.57. The Kier molecular flexibility index (Phi) is 7.11. The molecule has 0 aliphatic carbocycles. The quantitative estimate of drug-likeness (QED) is 0.699. The minimum atomic E-state index is -0.428. The van der Waals surface area contributed by atoms with Crippen LogP contribution in [0.5, 0.6) is 5.75 Å². The van der Waals surface area contributed by atoms with Crippen LogP contribution in [0.2, 0.25) is 0 Å². The Bertz CT molecular complexity index is 859. The summed E-state index contributed by atoms with van der Waals surface area (Å²) >= 11 is 1.42. The molecule has 0 atom stereocenters. The fourth-order valence-electron chi connectivity index (χ4n) is 3.31. The molecule has 2 heterocycles. The number of hydrogen-bond acceptors (Lipinski definition) is 7. The monoisotopic (exact) mass is 417 g/mol. The summed E-state index contributed by atoms with van der Waals surface area (Å²) in [6, 6.07) is 9.80. The van der Waals surface area contributed by atoms with Gasteiger partial charge in [-0.1, -0.05) is 13.0 Å². The third kappa shape index (κ3) is 5.27. The van der Waals surface area contributed by atoms with Gasteiger partial charge >= 0.3 is 5.97 Å². The molecule has 156 valence electrons. The maximum atomic E-state index is 12.5. The number of aryl methyl sites for hydroxylation is 1. The first kappa shape index (κ1) is 21.1. The van der Waals surface area contributed by atoms with Gasteiger partial charge in [-0.3, -0.25) is 9.69 Å². The lowest BCUT2D eigenvalue weighted by Crippen LogP contribution is -2.48. The number of amides is 1. The third-order valence-corrected chi connectivity index (χ3v) is 6.14. The number of esters is 1. The smallest absolute Gasteiger partial charge is 0.340 e. The van der Waals surface area contributed by atoms with Crippen molar-refractivity contribution in [3.05, 3.63) is 40.8 Å². The van der Waals surface area contributed by atoms with Crippen LogP contribution in [0.15, 0.2) is 30.3 Å². The first-order valence-electron chi connectivity index (χ1n) is 9.66. The van der Waals surface area contributed by atoms with Gasteiger partial charge in [-0.2, -0.15) is 0 Å². The highest BCUT2D eigenvalue weighted by Gasteiger charge is 2.22. The van der Waals surface area contributed by atoms with Gasteiger partial charge in [0.25, 0.3) is 0 Å². The van der Waals surface area contributed by atoms with Crippen molar-refractivity contribution in [1.29, 1.82) is 0 Å². The number of hydrogen-bond donors (Lipinski definition) is 1. The van der Waals surface area contributed by atoms with E-state index in [0.717, 1.165) is 48.9 Å². The largest absolute Gasteiger partial charge is 0.497 e. The van der Waals surface area contributed by atoms with Crippen molar-refractivity contribution in [3.63, 3.8) is 0 Å². The first-order chi connectivity index (χ1) is 14.0. The molecule has 29 heavy (non-hydrogen) atoms. The average molecular weight is 418 g/mol. The van der Waals surface area contributed by atoms with E-state index in [4.69, 9.17) is 9.47 Å². The number of thiophene rings is 1. The van der Waals surface area contributed by atoms with Crippen LogP contribution in [0.25, 0.3) is 0 Å².